The van der Waals surface area contributed by atoms with E-state index in [1.807, 2.05) is 37.3 Å². The monoisotopic (exact) mass is 390 g/mol. The molecule has 6 nitrogen and oxygen atoms in total. The van der Waals surface area contributed by atoms with Crippen molar-refractivity contribution in [3.8, 4) is 0 Å². The average molecular weight is 391 g/mol. The average Bonchev–Trinajstić information content (AvgIpc) is 3.01. The SMILES string of the molecule is COCCOC(=O)c1sc(C(C)(C)C)cc1NC(=O)Nc1ccc(C)cc1. The van der Waals surface area contributed by atoms with E-state index in [-0.39, 0.29) is 12.0 Å². The van der Waals surface area contributed by atoms with Crippen molar-refractivity contribution >= 4 is 34.7 Å². The Labute approximate surface area is 163 Å². The highest BCUT2D eigenvalue weighted by Crippen LogP contribution is 2.36. The van der Waals surface area contributed by atoms with E-state index in [4.69, 9.17) is 9.47 Å². The van der Waals surface area contributed by atoms with Gasteiger partial charge in [-0.25, -0.2) is 9.59 Å². The maximum absolute atomic E-state index is 12.4. The number of amides is 2. The van der Waals surface area contributed by atoms with Crippen molar-refractivity contribution in [3.63, 3.8) is 0 Å². The number of urea groups is 1. The van der Waals surface area contributed by atoms with Crippen molar-refractivity contribution in [2.24, 2.45) is 0 Å². The van der Waals surface area contributed by atoms with Gasteiger partial charge < -0.3 is 20.1 Å². The van der Waals surface area contributed by atoms with E-state index in [2.05, 4.69) is 31.4 Å². The maximum atomic E-state index is 12.4. The minimum absolute atomic E-state index is 0.153. The molecule has 7 heteroatoms. The number of anilines is 2. The lowest BCUT2D eigenvalue weighted by Crippen LogP contribution is -2.20. The molecule has 0 aliphatic carbocycles. The zero-order chi connectivity index (χ0) is 20.0. The van der Waals surface area contributed by atoms with Crippen LogP contribution < -0.4 is 10.6 Å². The molecule has 146 valence electrons. The lowest BCUT2D eigenvalue weighted by molar-refractivity contribution is 0.0394. The number of aryl methyl sites for hydroxylation is 1. The summed E-state index contributed by atoms with van der Waals surface area (Å²) < 4.78 is 10.1. The van der Waals surface area contributed by atoms with Crippen LogP contribution in [0.15, 0.2) is 30.3 Å². The van der Waals surface area contributed by atoms with Gasteiger partial charge in [0.25, 0.3) is 0 Å². The van der Waals surface area contributed by atoms with Crippen molar-refractivity contribution in [1.29, 1.82) is 0 Å². The quantitative estimate of drug-likeness (QED) is 0.549. The molecule has 0 fully saturated rings. The molecular formula is C20H26N2O4S. The Morgan fingerprint density at radius 2 is 1.74 bits per heavy atom. The van der Waals surface area contributed by atoms with Crippen molar-refractivity contribution in [2.75, 3.05) is 31.0 Å². The van der Waals surface area contributed by atoms with Gasteiger partial charge in [-0.2, -0.15) is 0 Å². The molecule has 0 bridgehead atoms. The van der Waals surface area contributed by atoms with Crippen LogP contribution in [0.5, 0.6) is 0 Å². The lowest BCUT2D eigenvalue weighted by atomic mass is 9.94. The highest BCUT2D eigenvalue weighted by molar-refractivity contribution is 7.14. The molecule has 27 heavy (non-hydrogen) atoms. The van der Waals surface area contributed by atoms with Crippen molar-refractivity contribution in [1.82, 2.24) is 0 Å². The Morgan fingerprint density at radius 1 is 1.07 bits per heavy atom. The number of thiophene rings is 1. The van der Waals surface area contributed by atoms with E-state index >= 15 is 0 Å². The van der Waals surface area contributed by atoms with Gasteiger partial charge in [-0.3, -0.25) is 0 Å². The second kappa shape index (κ2) is 9.01. The predicted molar refractivity (Wildman–Crippen MR) is 109 cm³/mol. The summed E-state index contributed by atoms with van der Waals surface area (Å²) in [6.07, 6.45) is 0. The van der Waals surface area contributed by atoms with E-state index in [1.165, 1.54) is 11.3 Å². The molecule has 0 spiro atoms. The highest BCUT2D eigenvalue weighted by Gasteiger charge is 2.25. The fourth-order valence-electron chi connectivity index (χ4n) is 2.21. The van der Waals surface area contributed by atoms with Gasteiger partial charge >= 0.3 is 12.0 Å². The van der Waals surface area contributed by atoms with Crippen LogP contribution in [0, 0.1) is 6.92 Å². The first-order chi connectivity index (χ1) is 12.7. The largest absolute Gasteiger partial charge is 0.459 e. The number of hydrogen-bond donors (Lipinski definition) is 2. The van der Waals surface area contributed by atoms with Gasteiger partial charge in [-0.15, -0.1) is 11.3 Å². The van der Waals surface area contributed by atoms with Gasteiger partial charge in [0.05, 0.1) is 12.3 Å². The van der Waals surface area contributed by atoms with Gasteiger partial charge in [0.15, 0.2) is 0 Å². The molecule has 2 aromatic rings. The van der Waals surface area contributed by atoms with Gasteiger partial charge in [0, 0.05) is 17.7 Å². The first kappa shape index (κ1) is 20.9. The maximum Gasteiger partial charge on any atom is 0.350 e. The van der Waals surface area contributed by atoms with Crippen LogP contribution in [-0.2, 0) is 14.9 Å². The van der Waals surface area contributed by atoms with Crippen molar-refractivity contribution in [2.45, 2.75) is 33.1 Å². The number of hydrogen-bond acceptors (Lipinski definition) is 5. The van der Waals surface area contributed by atoms with Crippen LogP contribution in [0.1, 0.15) is 40.9 Å². The molecule has 1 aromatic heterocycles. The van der Waals surface area contributed by atoms with Crippen molar-refractivity contribution in [3.05, 3.63) is 45.6 Å². The molecule has 2 amide bonds. The zero-order valence-corrected chi connectivity index (χ0v) is 17.2. The topological polar surface area (TPSA) is 76.7 Å². The van der Waals surface area contributed by atoms with E-state index in [1.54, 1.807) is 7.11 Å². The Balaban J connectivity index is 2.17. The fourth-order valence-corrected chi connectivity index (χ4v) is 3.27. The number of carbonyl (C=O) groups excluding carboxylic acids is 2. The zero-order valence-electron chi connectivity index (χ0n) is 16.3. The fraction of sp³-hybridized carbons (Fsp3) is 0.400. The van der Waals surface area contributed by atoms with E-state index in [9.17, 15) is 9.59 Å². The number of carbonyl (C=O) groups is 2. The molecule has 0 radical (unpaired) electrons. The van der Waals surface area contributed by atoms with Crippen LogP contribution >= 0.6 is 11.3 Å². The molecule has 0 aliphatic heterocycles. The first-order valence-electron chi connectivity index (χ1n) is 8.65. The third-order valence-corrected chi connectivity index (χ3v) is 5.28. The molecule has 0 atom stereocenters. The summed E-state index contributed by atoms with van der Waals surface area (Å²) in [5, 5.41) is 5.53. The lowest BCUT2D eigenvalue weighted by Gasteiger charge is -2.15. The Bertz CT molecular complexity index is 791. The van der Waals surface area contributed by atoms with E-state index in [0.29, 0.717) is 22.9 Å². The number of ether oxygens (including phenoxy) is 2. The number of nitrogens with one attached hydrogen (secondary N) is 2. The molecule has 2 N–H and O–H groups in total. The Kier molecular flexibility index (Phi) is 6.98. The summed E-state index contributed by atoms with van der Waals surface area (Å²) in [5.74, 6) is -0.474. The third kappa shape index (κ3) is 6.08. The number of methoxy groups -OCH3 is 1. The molecule has 0 saturated heterocycles. The van der Waals surface area contributed by atoms with Gasteiger partial charge in [0.1, 0.15) is 11.5 Å². The normalized spacial score (nSPS) is 11.1. The van der Waals surface area contributed by atoms with Crippen LogP contribution in [0.4, 0.5) is 16.2 Å². The van der Waals surface area contributed by atoms with Gasteiger partial charge in [-0.05, 0) is 30.5 Å². The number of esters is 1. The van der Waals surface area contributed by atoms with Crippen LogP contribution in [-0.4, -0.2) is 32.3 Å². The number of benzene rings is 1. The summed E-state index contributed by atoms with van der Waals surface area (Å²) in [6.45, 7) is 8.61. The van der Waals surface area contributed by atoms with Gasteiger partial charge in [0.2, 0.25) is 0 Å². The summed E-state index contributed by atoms with van der Waals surface area (Å²) in [5.41, 5.74) is 2.07. The summed E-state index contributed by atoms with van der Waals surface area (Å²) in [4.78, 5) is 26.1. The summed E-state index contributed by atoms with van der Waals surface area (Å²) in [7, 11) is 1.54. The van der Waals surface area contributed by atoms with E-state index in [0.717, 1.165) is 10.4 Å². The highest BCUT2D eigenvalue weighted by atomic mass is 32.1. The molecule has 0 saturated carbocycles. The van der Waals surface area contributed by atoms with Crippen LogP contribution in [0.2, 0.25) is 0 Å². The standard InChI is InChI=1S/C20H26N2O4S/c1-13-6-8-14(9-7-13)21-19(24)22-15-12-16(20(2,3)4)27-17(15)18(23)26-11-10-25-5/h6-9,12H,10-11H2,1-5H3,(H2,21,22,24). The molecule has 1 aromatic carbocycles. The summed E-state index contributed by atoms with van der Waals surface area (Å²) in [6, 6.07) is 8.88. The van der Waals surface area contributed by atoms with Crippen LogP contribution in [0.3, 0.4) is 0 Å². The second-order valence-corrected chi connectivity index (χ2v) is 8.23. The third-order valence-electron chi connectivity index (χ3n) is 3.73. The second-order valence-electron chi connectivity index (χ2n) is 7.18. The summed E-state index contributed by atoms with van der Waals surface area (Å²) >= 11 is 1.32. The Morgan fingerprint density at radius 3 is 2.33 bits per heavy atom. The van der Waals surface area contributed by atoms with E-state index < -0.39 is 12.0 Å². The molecule has 0 aliphatic rings. The minimum Gasteiger partial charge on any atom is -0.459 e. The number of rotatable bonds is 6. The molecule has 0 unspecified atom stereocenters. The molecule has 1 heterocycles. The first-order valence-corrected chi connectivity index (χ1v) is 9.47. The smallest absolute Gasteiger partial charge is 0.350 e. The predicted octanol–water partition coefficient (Wildman–Crippen LogP) is 4.80. The molecular weight excluding hydrogens is 364 g/mol. The van der Waals surface area contributed by atoms with Crippen molar-refractivity contribution < 1.29 is 19.1 Å². The molecule has 2 rings (SSSR count). The van der Waals surface area contributed by atoms with Crippen LogP contribution in [0.25, 0.3) is 0 Å². The van der Waals surface area contributed by atoms with Gasteiger partial charge in [-0.1, -0.05) is 38.5 Å². The minimum atomic E-state index is -0.474. The Hall–Kier alpha value is -2.38.